The molecule has 0 aliphatic carbocycles. The summed E-state index contributed by atoms with van der Waals surface area (Å²) >= 11 is 9.66. The van der Waals surface area contributed by atoms with E-state index in [4.69, 9.17) is 21.1 Å². The molecule has 28 heavy (non-hydrogen) atoms. The molecular formula is C22H28BrClN2O2. The predicted molar refractivity (Wildman–Crippen MR) is 118 cm³/mol. The maximum absolute atomic E-state index is 6.18. The van der Waals surface area contributed by atoms with Crippen molar-refractivity contribution in [2.24, 2.45) is 0 Å². The summed E-state index contributed by atoms with van der Waals surface area (Å²) in [6.07, 6.45) is 2.55. The Bertz CT molecular complexity index is 770. The molecule has 1 heterocycles. The molecule has 1 unspecified atom stereocenters. The van der Waals surface area contributed by atoms with E-state index in [0.717, 1.165) is 51.8 Å². The molecule has 1 fully saturated rings. The molecule has 2 aromatic carbocycles. The minimum atomic E-state index is 0.462. The highest BCUT2D eigenvalue weighted by molar-refractivity contribution is 9.10. The summed E-state index contributed by atoms with van der Waals surface area (Å²) in [6, 6.07) is 12.3. The fourth-order valence-electron chi connectivity index (χ4n) is 3.71. The monoisotopic (exact) mass is 466 g/mol. The summed E-state index contributed by atoms with van der Waals surface area (Å²) in [6.45, 7) is 6.73. The maximum atomic E-state index is 6.18. The topological polar surface area (TPSA) is 33.7 Å². The van der Waals surface area contributed by atoms with Crippen molar-refractivity contribution < 1.29 is 9.47 Å². The van der Waals surface area contributed by atoms with Gasteiger partial charge in [0.15, 0.2) is 11.5 Å². The predicted octanol–water partition coefficient (Wildman–Crippen LogP) is 5.26. The van der Waals surface area contributed by atoms with Crippen molar-refractivity contribution >= 4 is 27.5 Å². The van der Waals surface area contributed by atoms with E-state index in [1.54, 1.807) is 7.11 Å². The summed E-state index contributed by atoms with van der Waals surface area (Å²) < 4.78 is 12.8. The number of likely N-dealkylation sites (tertiary alicyclic amines) is 1. The lowest BCUT2D eigenvalue weighted by molar-refractivity contribution is 0.258. The van der Waals surface area contributed by atoms with E-state index in [-0.39, 0.29) is 0 Å². The molecule has 0 amide bonds. The standard InChI is InChI=1S/C22H28BrClN2O2/c1-3-26-12-4-5-18(26)13-25-14-19-20(23)10-11-21(27-2)22(19)28-15-16-6-8-17(24)9-7-16/h6-11,18,25H,3-5,12-15H2,1-2H3. The number of rotatable bonds is 9. The lowest BCUT2D eigenvalue weighted by Gasteiger charge is -2.23. The molecule has 1 atom stereocenters. The van der Waals surface area contributed by atoms with Gasteiger partial charge in [-0.1, -0.05) is 46.6 Å². The number of nitrogens with zero attached hydrogens (tertiary/aromatic N) is 1. The third-order valence-electron chi connectivity index (χ3n) is 5.27. The molecule has 1 saturated heterocycles. The van der Waals surface area contributed by atoms with Crippen molar-refractivity contribution in [2.75, 3.05) is 26.7 Å². The SMILES string of the molecule is CCN1CCCC1CNCc1c(Br)ccc(OC)c1OCc1ccc(Cl)cc1. The second-order valence-electron chi connectivity index (χ2n) is 7.03. The van der Waals surface area contributed by atoms with Crippen LogP contribution in [0.1, 0.15) is 30.9 Å². The average molecular weight is 468 g/mol. The Labute approximate surface area is 181 Å². The van der Waals surface area contributed by atoms with Gasteiger partial charge >= 0.3 is 0 Å². The highest BCUT2D eigenvalue weighted by Crippen LogP contribution is 2.37. The van der Waals surface area contributed by atoms with E-state index >= 15 is 0 Å². The van der Waals surface area contributed by atoms with Crippen LogP contribution in [0.25, 0.3) is 0 Å². The minimum Gasteiger partial charge on any atom is -0.493 e. The first kappa shape index (κ1) is 21.4. The smallest absolute Gasteiger partial charge is 0.167 e. The number of benzene rings is 2. The summed E-state index contributed by atoms with van der Waals surface area (Å²) in [5.74, 6) is 1.52. The lowest BCUT2D eigenvalue weighted by atomic mass is 10.1. The largest absolute Gasteiger partial charge is 0.493 e. The van der Waals surface area contributed by atoms with Crippen LogP contribution in [0.5, 0.6) is 11.5 Å². The number of ether oxygens (including phenoxy) is 2. The molecule has 0 spiro atoms. The van der Waals surface area contributed by atoms with Gasteiger partial charge in [-0.15, -0.1) is 0 Å². The summed E-state index contributed by atoms with van der Waals surface area (Å²) in [5.41, 5.74) is 2.14. The van der Waals surface area contributed by atoms with Gasteiger partial charge in [-0.3, -0.25) is 4.90 Å². The fourth-order valence-corrected chi connectivity index (χ4v) is 4.29. The Balaban J connectivity index is 1.69. The molecule has 0 bridgehead atoms. The van der Waals surface area contributed by atoms with Gasteiger partial charge in [-0.25, -0.2) is 0 Å². The van der Waals surface area contributed by atoms with Gasteiger partial charge in [0, 0.05) is 34.2 Å². The molecule has 1 aliphatic heterocycles. The van der Waals surface area contributed by atoms with Crippen LogP contribution >= 0.6 is 27.5 Å². The third-order valence-corrected chi connectivity index (χ3v) is 6.27. The van der Waals surface area contributed by atoms with Crippen LogP contribution in [0.3, 0.4) is 0 Å². The van der Waals surface area contributed by atoms with E-state index in [1.807, 2.05) is 36.4 Å². The minimum absolute atomic E-state index is 0.462. The van der Waals surface area contributed by atoms with E-state index in [2.05, 4.69) is 33.1 Å². The summed E-state index contributed by atoms with van der Waals surface area (Å²) in [7, 11) is 1.67. The highest BCUT2D eigenvalue weighted by Gasteiger charge is 2.23. The zero-order valence-corrected chi connectivity index (χ0v) is 18.9. The zero-order valence-electron chi connectivity index (χ0n) is 16.5. The van der Waals surface area contributed by atoms with E-state index in [9.17, 15) is 0 Å². The molecule has 3 rings (SSSR count). The van der Waals surface area contributed by atoms with E-state index in [1.165, 1.54) is 19.4 Å². The van der Waals surface area contributed by atoms with Crippen LogP contribution in [0.4, 0.5) is 0 Å². The molecule has 0 saturated carbocycles. The zero-order chi connectivity index (χ0) is 19.9. The van der Waals surface area contributed by atoms with Crippen LogP contribution < -0.4 is 14.8 Å². The Morgan fingerprint density at radius 3 is 2.71 bits per heavy atom. The van der Waals surface area contributed by atoms with Crippen molar-refractivity contribution in [3.63, 3.8) is 0 Å². The van der Waals surface area contributed by atoms with Crippen LogP contribution in [0.2, 0.25) is 5.02 Å². The van der Waals surface area contributed by atoms with Crippen LogP contribution in [0, 0.1) is 0 Å². The third kappa shape index (κ3) is 5.41. The first-order chi connectivity index (χ1) is 13.6. The quantitative estimate of drug-likeness (QED) is 0.545. The van der Waals surface area contributed by atoms with Crippen molar-refractivity contribution in [2.45, 2.75) is 39.0 Å². The van der Waals surface area contributed by atoms with Gasteiger partial charge in [-0.2, -0.15) is 0 Å². The van der Waals surface area contributed by atoms with Crippen molar-refractivity contribution in [1.29, 1.82) is 0 Å². The number of methoxy groups -OCH3 is 1. The number of likely N-dealkylation sites (N-methyl/N-ethyl adjacent to an activating group) is 1. The Morgan fingerprint density at radius 1 is 1.21 bits per heavy atom. The number of nitrogens with one attached hydrogen (secondary N) is 1. The van der Waals surface area contributed by atoms with Gasteiger partial charge in [0.1, 0.15) is 6.61 Å². The summed E-state index contributed by atoms with van der Waals surface area (Å²) in [5, 5.41) is 4.35. The first-order valence-electron chi connectivity index (χ1n) is 9.79. The van der Waals surface area contributed by atoms with Crippen LogP contribution in [0.15, 0.2) is 40.9 Å². The number of hydrogen-bond donors (Lipinski definition) is 1. The van der Waals surface area contributed by atoms with Gasteiger partial charge in [0.25, 0.3) is 0 Å². The van der Waals surface area contributed by atoms with E-state index < -0.39 is 0 Å². The van der Waals surface area contributed by atoms with Gasteiger partial charge in [-0.05, 0) is 55.8 Å². The Hall–Kier alpha value is -1.27. The Kier molecular flexibility index (Phi) is 8.03. The van der Waals surface area contributed by atoms with Crippen LogP contribution in [-0.2, 0) is 13.2 Å². The molecule has 2 aromatic rings. The first-order valence-corrected chi connectivity index (χ1v) is 11.0. The van der Waals surface area contributed by atoms with E-state index in [0.29, 0.717) is 12.6 Å². The second kappa shape index (κ2) is 10.5. The fraction of sp³-hybridized carbons (Fsp3) is 0.455. The highest BCUT2D eigenvalue weighted by atomic mass is 79.9. The maximum Gasteiger partial charge on any atom is 0.167 e. The normalized spacial score (nSPS) is 17.1. The van der Waals surface area contributed by atoms with Crippen molar-refractivity contribution in [1.82, 2.24) is 10.2 Å². The Morgan fingerprint density at radius 2 is 2.00 bits per heavy atom. The molecule has 0 radical (unpaired) electrons. The van der Waals surface area contributed by atoms with Crippen LogP contribution in [-0.4, -0.2) is 37.7 Å². The average Bonchev–Trinajstić information content (AvgIpc) is 3.16. The molecular weight excluding hydrogens is 440 g/mol. The summed E-state index contributed by atoms with van der Waals surface area (Å²) in [4.78, 5) is 2.55. The molecule has 4 nitrogen and oxygen atoms in total. The lowest BCUT2D eigenvalue weighted by Crippen LogP contribution is -2.37. The molecule has 0 aromatic heterocycles. The van der Waals surface area contributed by atoms with Crippen molar-refractivity contribution in [3.8, 4) is 11.5 Å². The number of hydrogen-bond acceptors (Lipinski definition) is 4. The molecule has 6 heteroatoms. The molecule has 1 N–H and O–H groups in total. The van der Waals surface area contributed by atoms with Gasteiger partial charge < -0.3 is 14.8 Å². The van der Waals surface area contributed by atoms with Gasteiger partial charge in [0.2, 0.25) is 0 Å². The molecule has 152 valence electrons. The second-order valence-corrected chi connectivity index (χ2v) is 8.32. The molecule has 1 aliphatic rings. The number of halogens is 2. The van der Waals surface area contributed by atoms with Crippen molar-refractivity contribution in [3.05, 3.63) is 57.0 Å². The van der Waals surface area contributed by atoms with Gasteiger partial charge in [0.05, 0.1) is 7.11 Å².